The number of halogens is 3. The fraction of sp³-hybridized carbons (Fsp3) is 0.417. The van der Waals surface area contributed by atoms with Crippen LogP contribution in [0, 0.1) is 5.92 Å². The van der Waals surface area contributed by atoms with Crippen molar-refractivity contribution in [2.75, 3.05) is 6.54 Å². The fourth-order valence-electron chi connectivity index (χ4n) is 1.95. The first-order valence-electron chi connectivity index (χ1n) is 6.01. The summed E-state index contributed by atoms with van der Waals surface area (Å²) in [5, 5.41) is 2.55. The largest absolute Gasteiger partial charge is 0.352 e. The number of hydrogen-bond donors (Lipinski definition) is 1. The minimum absolute atomic E-state index is 0.0608. The van der Waals surface area contributed by atoms with Crippen molar-refractivity contribution >= 4 is 48.8 Å². The molecule has 0 unspecified atom stereocenters. The molecular formula is C12H12Cl3NO3S. The van der Waals surface area contributed by atoms with E-state index >= 15 is 0 Å². The Morgan fingerprint density at radius 1 is 1.30 bits per heavy atom. The molecule has 0 bridgehead atoms. The van der Waals surface area contributed by atoms with E-state index < -0.39 is 15.0 Å². The maximum Gasteiger partial charge on any atom is 0.262 e. The maximum absolute atomic E-state index is 12.1. The molecule has 20 heavy (non-hydrogen) atoms. The third kappa shape index (κ3) is 3.39. The lowest BCUT2D eigenvalue weighted by molar-refractivity contribution is 0.0939. The topological polar surface area (TPSA) is 63.2 Å². The van der Waals surface area contributed by atoms with Gasteiger partial charge in [0.2, 0.25) is 0 Å². The molecule has 1 aromatic rings. The summed E-state index contributed by atoms with van der Waals surface area (Å²) in [6.45, 7) is 0.531. The van der Waals surface area contributed by atoms with Gasteiger partial charge in [0.15, 0.2) is 0 Å². The number of carbonyl (C=O) groups excluding carboxylic acids is 1. The normalized spacial score (nSPS) is 15.8. The van der Waals surface area contributed by atoms with E-state index in [2.05, 4.69) is 5.32 Å². The van der Waals surface area contributed by atoms with Crippen LogP contribution in [0.4, 0.5) is 0 Å². The van der Waals surface area contributed by atoms with Gasteiger partial charge in [0.25, 0.3) is 15.0 Å². The molecule has 0 aliphatic heterocycles. The van der Waals surface area contributed by atoms with E-state index in [9.17, 15) is 13.2 Å². The molecule has 8 heteroatoms. The number of amides is 1. The predicted octanol–water partition coefficient (Wildman–Crippen LogP) is 3.45. The second-order valence-corrected chi connectivity index (χ2v) is 8.00. The monoisotopic (exact) mass is 355 g/mol. The lowest BCUT2D eigenvalue weighted by atomic mass is 9.85. The van der Waals surface area contributed by atoms with Crippen LogP contribution in [0.25, 0.3) is 0 Å². The van der Waals surface area contributed by atoms with Crippen molar-refractivity contribution < 1.29 is 13.2 Å². The highest BCUT2D eigenvalue weighted by molar-refractivity contribution is 8.13. The van der Waals surface area contributed by atoms with Gasteiger partial charge in [0.1, 0.15) is 4.90 Å². The van der Waals surface area contributed by atoms with Gasteiger partial charge in [-0.05, 0) is 30.9 Å². The van der Waals surface area contributed by atoms with Gasteiger partial charge in [-0.25, -0.2) is 8.42 Å². The summed E-state index contributed by atoms with van der Waals surface area (Å²) in [6, 6.07) is 2.47. The van der Waals surface area contributed by atoms with Crippen molar-refractivity contribution in [2.45, 2.75) is 24.2 Å². The minimum atomic E-state index is -4.03. The Labute approximate surface area is 131 Å². The van der Waals surface area contributed by atoms with Crippen LogP contribution in [-0.4, -0.2) is 20.9 Å². The Balaban J connectivity index is 2.27. The molecule has 0 aromatic heterocycles. The second kappa shape index (κ2) is 6.10. The Hall–Kier alpha value is -0.490. The molecule has 1 aliphatic carbocycles. The van der Waals surface area contributed by atoms with Crippen molar-refractivity contribution in [3.05, 3.63) is 27.7 Å². The molecule has 0 heterocycles. The molecule has 2 rings (SSSR count). The molecule has 1 amide bonds. The molecule has 1 aliphatic rings. The van der Waals surface area contributed by atoms with Crippen LogP contribution in [0.1, 0.15) is 29.6 Å². The first kappa shape index (κ1) is 15.9. The maximum atomic E-state index is 12.1. The fourth-order valence-corrected chi connectivity index (χ4v) is 3.85. The van der Waals surface area contributed by atoms with E-state index in [1.165, 1.54) is 18.6 Å². The quantitative estimate of drug-likeness (QED) is 0.840. The first-order chi connectivity index (χ1) is 9.30. The molecule has 1 fully saturated rings. The summed E-state index contributed by atoms with van der Waals surface area (Å²) in [5.41, 5.74) is -0.0608. The average molecular weight is 357 g/mol. The van der Waals surface area contributed by atoms with Crippen molar-refractivity contribution in [3.8, 4) is 0 Å². The van der Waals surface area contributed by atoms with Crippen molar-refractivity contribution in [1.82, 2.24) is 5.32 Å². The minimum Gasteiger partial charge on any atom is -0.352 e. The Morgan fingerprint density at radius 3 is 2.45 bits per heavy atom. The molecular weight excluding hydrogens is 345 g/mol. The summed E-state index contributed by atoms with van der Waals surface area (Å²) >= 11 is 11.9. The van der Waals surface area contributed by atoms with Gasteiger partial charge in [-0.15, -0.1) is 0 Å². The van der Waals surface area contributed by atoms with Crippen LogP contribution in [0.3, 0.4) is 0 Å². The number of nitrogens with one attached hydrogen (secondary N) is 1. The van der Waals surface area contributed by atoms with E-state index in [4.69, 9.17) is 33.9 Å². The highest BCUT2D eigenvalue weighted by atomic mass is 35.7. The van der Waals surface area contributed by atoms with Gasteiger partial charge in [-0.2, -0.15) is 0 Å². The zero-order valence-corrected chi connectivity index (χ0v) is 13.4. The Morgan fingerprint density at radius 2 is 1.95 bits per heavy atom. The van der Waals surface area contributed by atoms with E-state index in [-0.39, 0.29) is 20.5 Å². The summed E-state index contributed by atoms with van der Waals surface area (Å²) in [6.07, 6.45) is 3.33. The molecule has 110 valence electrons. The first-order valence-corrected chi connectivity index (χ1v) is 9.08. The summed E-state index contributed by atoms with van der Waals surface area (Å²) in [7, 11) is 1.24. The number of hydrogen-bond acceptors (Lipinski definition) is 3. The molecule has 4 nitrogen and oxygen atoms in total. The average Bonchev–Trinajstić information content (AvgIpc) is 2.24. The lowest BCUT2D eigenvalue weighted by Gasteiger charge is -2.25. The van der Waals surface area contributed by atoms with Gasteiger partial charge in [-0.3, -0.25) is 4.79 Å². The standard InChI is InChI=1S/C12H12Cl3NO3S/c13-8-4-5-9(20(15,18)19)11(14)10(8)12(17)16-6-7-2-1-3-7/h4-5,7H,1-3,6H2,(H,16,17). The van der Waals surface area contributed by atoms with Gasteiger partial charge >= 0.3 is 0 Å². The van der Waals surface area contributed by atoms with Crippen molar-refractivity contribution in [3.63, 3.8) is 0 Å². The zero-order valence-electron chi connectivity index (χ0n) is 10.3. The SMILES string of the molecule is O=C(NCC1CCC1)c1c(Cl)ccc(S(=O)(=O)Cl)c1Cl. The Bertz CT molecular complexity index is 642. The van der Waals surface area contributed by atoms with Gasteiger partial charge in [-0.1, -0.05) is 29.6 Å². The summed E-state index contributed by atoms with van der Waals surface area (Å²) < 4.78 is 22.7. The number of carbonyl (C=O) groups is 1. The lowest BCUT2D eigenvalue weighted by Crippen LogP contribution is -2.32. The zero-order chi connectivity index (χ0) is 14.9. The van der Waals surface area contributed by atoms with Gasteiger partial charge in [0.05, 0.1) is 15.6 Å². The number of benzene rings is 1. The molecule has 0 atom stereocenters. The highest BCUT2D eigenvalue weighted by Crippen LogP contribution is 2.33. The second-order valence-electron chi connectivity index (χ2n) is 4.68. The third-order valence-electron chi connectivity index (χ3n) is 3.32. The smallest absolute Gasteiger partial charge is 0.262 e. The van der Waals surface area contributed by atoms with E-state index in [0.29, 0.717) is 12.5 Å². The predicted molar refractivity (Wildman–Crippen MR) is 79.2 cm³/mol. The Kier molecular flexibility index (Phi) is 4.84. The van der Waals surface area contributed by atoms with E-state index in [1.807, 2.05) is 0 Å². The van der Waals surface area contributed by atoms with E-state index in [1.54, 1.807) is 0 Å². The van der Waals surface area contributed by atoms with Gasteiger partial charge in [0, 0.05) is 17.2 Å². The van der Waals surface area contributed by atoms with Crippen molar-refractivity contribution in [1.29, 1.82) is 0 Å². The van der Waals surface area contributed by atoms with Crippen LogP contribution in [-0.2, 0) is 9.05 Å². The summed E-state index contributed by atoms with van der Waals surface area (Å²) in [4.78, 5) is 11.8. The van der Waals surface area contributed by atoms with Crippen LogP contribution < -0.4 is 5.32 Å². The third-order valence-corrected chi connectivity index (χ3v) is 5.51. The molecule has 0 radical (unpaired) electrons. The van der Waals surface area contributed by atoms with Crippen molar-refractivity contribution in [2.24, 2.45) is 5.92 Å². The number of rotatable bonds is 4. The molecule has 0 saturated heterocycles. The highest BCUT2D eigenvalue weighted by Gasteiger charge is 2.25. The van der Waals surface area contributed by atoms with Gasteiger partial charge < -0.3 is 5.32 Å². The van der Waals surface area contributed by atoms with Crippen LogP contribution in [0.2, 0.25) is 10.0 Å². The molecule has 1 aromatic carbocycles. The van der Waals surface area contributed by atoms with Crippen LogP contribution in [0.5, 0.6) is 0 Å². The molecule has 0 spiro atoms. The molecule has 1 saturated carbocycles. The van der Waals surface area contributed by atoms with E-state index in [0.717, 1.165) is 12.8 Å². The molecule has 1 N–H and O–H groups in total. The van der Waals surface area contributed by atoms with Crippen LogP contribution >= 0.6 is 33.9 Å². The summed E-state index contributed by atoms with van der Waals surface area (Å²) in [5.74, 6) is -0.0227. The van der Waals surface area contributed by atoms with Crippen LogP contribution in [0.15, 0.2) is 17.0 Å².